The number of halogens is 1. The zero-order chi connectivity index (χ0) is 13.2. The minimum Gasteiger partial charge on any atom is -0.355 e. The average molecular weight is 323 g/mol. The first kappa shape index (κ1) is 13.1. The average Bonchev–Trinajstić information content (AvgIpc) is 2.67. The van der Waals surface area contributed by atoms with Crippen LogP contribution >= 0.6 is 15.9 Å². The van der Waals surface area contributed by atoms with Crippen LogP contribution in [0.1, 0.15) is 42.9 Å². The van der Waals surface area contributed by atoms with Crippen molar-refractivity contribution in [3.05, 3.63) is 33.8 Å². The number of aryl methyl sites for hydroxylation is 1. The van der Waals surface area contributed by atoms with Crippen LogP contribution in [0, 0.1) is 0 Å². The van der Waals surface area contributed by atoms with Gasteiger partial charge < -0.3 is 5.32 Å². The molecule has 1 aromatic rings. The summed E-state index contributed by atoms with van der Waals surface area (Å²) in [6, 6.07) is 6.77. The molecule has 3 rings (SSSR count). The second-order valence-corrected chi connectivity index (χ2v) is 6.36. The van der Waals surface area contributed by atoms with Crippen molar-refractivity contribution < 1.29 is 4.79 Å². The molecule has 2 atom stereocenters. The van der Waals surface area contributed by atoms with Crippen LogP contribution in [0.25, 0.3) is 0 Å². The van der Waals surface area contributed by atoms with Gasteiger partial charge in [0.25, 0.3) is 0 Å². The third-order valence-electron chi connectivity index (χ3n) is 4.12. The first-order valence-electron chi connectivity index (χ1n) is 7.06. The lowest BCUT2D eigenvalue weighted by molar-refractivity contribution is -0.123. The molecule has 2 unspecified atom stereocenters. The molecule has 1 aliphatic heterocycles. The number of amides is 1. The zero-order valence-electron chi connectivity index (χ0n) is 10.9. The lowest BCUT2D eigenvalue weighted by Crippen LogP contribution is -2.43. The minimum absolute atomic E-state index is 0.0258. The molecule has 0 spiro atoms. The predicted molar refractivity (Wildman–Crippen MR) is 79.0 cm³/mol. The highest BCUT2D eigenvalue weighted by Gasteiger charge is 2.28. The number of hydrogen-bond donors (Lipinski definition) is 2. The number of carbonyl (C=O) groups excluding carboxylic acids is 1. The van der Waals surface area contributed by atoms with Gasteiger partial charge in [0, 0.05) is 17.1 Å². The molecular formula is C15H19BrN2O. The number of hydrogen-bond acceptors (Lipinski definition) is 2. The Bertz CT molecular complexity index is 489. The highest BCUT2D eigenvalue weighted by Crippen LogP contribution is 2.33. The summed E-state index contributed by atoms with van der Waals surface area (Å²) in [5, 5.41) is 6.55. The van der Waals surface area contributed by atoms with Crippen molar-refractivity contribution in [3.63, 3.8) is 0 Å². The SMILES string of the molecule is O=C1NCCCCC1NC1CCc2cc(Br)ccc21. The first-order valence-corrected chi connectivity index (χ1v) is 7.85. The maximum atomic E-state index is 12.0. The van der Waals surface area contributed by atoms with E-state index in [0.29, 0.717) is 6.04 Å². The summed E-state index contributed by atoms with van der Waals surface area (Å²) in [7, 11) is 0. The summed E-state index contributed by atoms with van der Waals surface area (Å²) in [5.41, 5.74) is 2.76. The van der Waals surface area contributed by atoms with Gasteiger partial charge in [0.05, 0.1) is 6.04 Å². The fourth-order valence-electron chi connectivity index (χ4n) is 3.10. The summed E-state index contributed by atoms with van der Waals surface area (Å²) in [5.74, 6) is 0.170. The van der Waals surface area contributed by atoms with Crippen molar-refractivity contribution in [2.45, 2.75) is 44.2 Å². The van der Waals surface area contributed by atoms with E-state index in [2.05, 4.69) is 44.8 Å². The lowest BCUT2D eigenvalue weighted by Gasteiger charge is -2.21. The Morgan fingerprint density at radius 1 is 1.21 bits per heavy atom. The van der Waals surface area contributed by atoms with E-state index in [0.717, 1.165) is 43.1 Å². The van der Waals surface area contributed by atoms with Gasteiger partial charge in [-0.2, -0.15) is 0 Å². The van der Waals surface area contributed by atoms with Crippen molar-refractivity contribution in [2.75, 3.05) is 6.54 Å². The smallest absolute Gasteiger partial charge is 0.237 e. The molecule has 102 valence electrons. The van der Waals surface area contributed by atoms with Crippen LogP contribution < -0.4 is 10.6 Å². The summed E-state index contributed by atoms with van der Waals surface area (Å²) >= 11 is 3.52. The monoisotopic (exact) mass is 322 g/mol. The van der Waals surface area contributed by atoms with Crippen molar-refractivity contribution in [2.24, 2.45) is 0 Å². The summed E-state index contributed by atoms with van der Waals surface area (Å²) < 4.78 is 1.14. The molecule has 1 fully saturated rings. The molecule has 0 radical (unpaired) electrons. The first-order chi connectivity index (χ1) is 9.24. The number of fused-ring (bicyclic) bond motifs is 1. The highest BCUT2D eigenvalue weighted by molar-refractivity contribution is 9.10. The maximum absolute atomic E-state index is 12.0. The summed E-state index contributed by atoms with van der Waals surface area (Å²) in [6.45, 7) is 0.825. The highest BCUT2D eigenvalue weighted by atomic mass is 79.9. The molecule has 0 saturated carbocycles. The van der Waals surface area contributed by atoms with E-state index in [1.54, 1.807) is 0 Å². The van der Waals surface area contributed by atoms with Gasteiger partial charge >= 0.3 is 0 Å². The van der Waals surface area contributed by atoms with E-state index in [1.165, 1.54) is 11.1 Å². The van der Waals surface area contributed by atoms with Crippen molar-refractivity contribution >= 4 is 21.8 Å². The summed E-state index contributed by atoms with van der Waals surface area (Å²) in [4.78, 5) is 12.0. The van der Waals surface area contributed by atoms with Gasteiger partial charge in [0.1, 0.15) is 0 Å². The Balaban J connectivity index is 1.73. The lowest BCUT2D eigenvalue weighted by atomic mass is 10.1. The molecule has 1 heterocycles. The molecular weight excluding hydrogens is 304 g/mol. The standard InChI is InChI=1S/C15H19BrN2O/c16-11-5-6-12-10(9-11)4-7-13(12)18-14-3-1-2-8-17-15(14)19/h5-6,9,13-14,18H,1-4,7-8H2,(H,17,19). The molecule has 0 bridgehead atoms. The molecule has 2 N–H and O–H groups in total. The van der Waals surface area contributed by atoms with Gasteiger partial charge in [-0.3, -0.25) is 10.1 Å². The molecule has 1 saturated heterocycles. The van der Waals surface area contributed by atoms with Crippen molar-refractivity contribution in [1.82, 2.24) is 10.6 Å². The molecule has 1 aromatic carbocycles. The van der Waals surface area contributed by atoms with E-state index in [9.17, 15) is 4.79 Å². The Labute approximate surface area is 122 Å². The van der Waals surface area contributed by atoms with Crippen LogP contribution in [0.3, 0.4) is 0 Å². The van der Waals surface area contributed by atoms with Crippen LogP contribution in [-0.4, -0.2) is 18.5 Å². The van der Waals surface area contributed by atoms with E-state index < -0.39 is 0 Å². The minimum atomic E-state index is -0.0258. The largest absolute Gasteiger partial charge is 0.355 e. The van der Waals surface area contributed by atoms with Crippen LogP contribution in [0.15, 0.2) is 22.7 Å². The van der Waals surface area contributed by atoms with Gasteiger partial charge in [-0.15, -0.1) is 0 Å². The van der Waals surface area contributed by atoms with Gasteiger partial charge in [-0.1, -0.05) is 22.0 Å². The van der Waals surface area contributed by atoms with Crippen LogP contribution in [0.4, 0.5) is 0 Å². The van der Waals surface area contributed by atoms with E-state index in [-0.39, 0.29) is 11.9 Å². The number of benzene rings is 1. The van der Waals surface area contributed by atoms with Crippen LogP contribution in [-0.2, 0) is 11.2 Å². The van der Waals surface area contributed by atoms with E-state index >= 15 is 0 Å². The third kappa shape index (κ3) is 2.84. The molecule has 2 aliphatic rings. The molecule has 3 nitrogen and oxygen atoms in total. The predicted octanol–water partition coefficient (Wildman–Crippen LogP) is 2.69. The quantitative estimate of drug-likeness (QED) is 0.879. The number of rotatable bonds is 2. The molecule has 4 heteroatoms. The number of nitrogens with one attached hydrogen (secondary N) is 2. The van der Waals surface area contributed by atoms with Gasteiger partial charge in [-0.05, 0) is 55.4 Å². The van der Waals surface area contributed by atoms with Gasteiger partial charge in [0.2, 0.25) is 5.91 Å². The van der Waals surface area contributed by atoms with E-state index in [1.807, 2.05) is 0 Å². The van der Waals surface area contributed by atoms with Crippen molar-refractivity contribution in [3.8, 4) is 0 Å². The third-order valence-corrected chi connectivity index (χ3v) is 4.61. The van der Waals surface area contributed by atoms with Crippen molar-refractivity contribution in [1.29, 1.82) is 0 Å². The molecule has 1 aliphatic carbocycles. The normalized spacial score (nSPS) is 26.7. The fourth-order valence-corrected chi connectivity index (χ4v) is 3.51. The second kappa shape index (κ2) is 5.63. The Hall–Kier alpha value is -0.870. The zero-order valence-corrected chi connectivity index (χ0v) is 12.5. The topological polar surface area (TPSA) is 41.1 Å². The summed E-state index contributed by atoms with van der Waals surface area (Å²) in [6.07, 6.45) is 5.36. The number of carbonyl (C=O) groups is 1. The van der Waals surface area contributed by atoms with E-state index in [4.69, 9.17) is 0 Å². The molecule has 0 aromatic heterocycles. The Kier molecular flexibility index (Phi) is 3.89. The second-order valence-electron chi connectivity index (χ2n) is 5.44. The van der Waals surface area contributed by atoms with Gasteiger partial charge in [0.15, 0.2) is 0 Å². The molecule has 19 heavy (non-hydrogen) atoms. The molecule has 1 amide bonds. The fraction of sp³-hybridized carbons (Fsp3) is 0.533. The maximum Gasteiger partial charge on any atom is 0.237 e. The van der Waals surface area contributed by atoms with Gasteiger partial charge in [-0.25, -0.2) is 0 Å². The van der Waals surface area contributed by atoms with Crippen LogP contribution in [0.5, 0.6) is 0 Å². The Morgan fingerprint density at radius 3 is 3.00 bits per heavy atom. The Morgan fingerprint density at radius 2 is 2.11 bits per heavy atom. The van der Waals surface area contributed by atoms with Crippen LogP contribution in [0.2, 0.25) is 0 Å².